The number of rotatable bonds is 2. The first-order valence-electron chi connectivity index (χ1n) is 4.62. The molecule has 1 aromatic rings. The summed E-state index contributed by atoms with van der Waals surface area (Å²) in [5.41, 5.74) is 3.03. The fourth-order valence-electron chi connectivity index (χ4n) is 1.39. The smallest absolute Gasteiger partial charge is 0.129 e. The van der Waals surface area contributed by atoms with Gasteiger partial charge in [-0.1, -0.05) is 28.1 Å². The molecule has 0 aromatic heterocycles. The average Bonchev–Trinajstić information content (AvgIpc) is 2.13. The van der Waals surface area contributed by atoms with Gasteiger partial charge in [0.25, 0.3) is 0 Å². The predicted molar refractivity (Wildman–Crippen MR) is 62.7 cm³/mol. The second kappa shape index (κ2) is 3.85. The van der Waals surface area contributed by atoms with Crippen molar-refractivity contribution in [2.24, 2.45) is 0 Å². The summed E-state index contributed by atoms with van der Waals surface area (Å²) in [6.45, 7) is 7.95. The summed E-state index contributed by atoms with van der Waals surface area (Å²) in [5, 5.41) is 0. The van der Waals surface area contributed by atoms with Crippen LogP contribution >= 0.6 is 15.9 Å². The summed E-state index contributed by atoms with van der Waals surface area (Å²) in [6, 6.07) is 4.12. The van der Waals surface area contributed by atoms with E-state index < -0.39 is 5.41 Å². The van der Waals surface area contributed by atoms with Gasteiger partial charge in [0.05, 0.1) is 0 Å². The van der Waals surface area contributed by atoms with Gasteiger partial charge in [-0.05, 0) is 44.4 Å². The minimum atomic E-state index is -0.393. The molecule has 0 aliphatic carbocycles. The van der Waals surface area contributed by atoms with Crippen LogP contribution in [0.1, 0.15) is 30.5 Å². The predicted octanol–water partition coefficient (Wildman–Crippen LogP) is 3.54. The Morgan fingerprint density at radius 3 is 2.00 bits per heavy atom. The van der Waals surface area contributed by atoms with Crippen LogP contribution in [0.5, 0.6) is 0 Å². The van der Waals surface area contributed by atoms with Crippen molar-refractivity contribution in [1.29, 1.82) is 0 Å². The molecule has 0 atom stereocenters. The van der Waals surface area contributed by atoms with Gasteiger partial charge in [0.2, 0.25) is 0 Å². The van der Waals surface area contributed by atoms with Crippen molar-refractivity contribution in [3.05, 3.63) is 33.3 Å². The van der Waals surface area contributed by atoms with Gasteiger partial charge < -0.3 is 4.79 Å². The number of hydrogen-bond acceptors (Lipinski definition) is 1. The highest BCUT2D eigenvalue weighted by Gasteiger charge is 2.20. The van der Waals surface area contributed by atoms with E-state index in [2.05, 4.69) is 28.1 Å². The second-order valence-corrected chi connectivity index (χ2v) is 5.06. The summed E-state index contributed by atoms with van der Waals surface area (Å²) in [6.07, 6.45) is 0.995. The highest BCUT2D eigenvalue weighted by molar-refractivity contribution is 9.10. The molecule has 1 nitrogen and oxygen atoms in total. The lowest BCUT2D eigenvalue weighted by atomic mass is 9.85. The van der Waals surface area contributed by atoms with Crippen molar-refractivity contribution >= 4 is 22.2 Å². The summed E-state index contributed by atoms with van der Waals surface area (Å²) in [4.78, 5) is 10.9. The fraction of sp³-hybridized carbons (Fsp3) is 0.417. The van der Waals surface area contributed by atoms with E-state index in [0.29, 0.717) is 0 Å². The van der Waals surface area contributed by atoms with Crippen LogP contribution in [0, 0.1) is 13.8 Å². The van der Waals surface area contributed by atoms with E-state index >= 15 is 0 Å². The average molecular weight is 255 g/mol. The molecule has 0 bridgehead atoms. The normalized spacial score (nSPS) is 11.5. The number of aryl methyl sites for hydroxylation is 2. The topological polar surface area (TPSA) is 17.1 Å². The van der Waals surface area contributed by atoms with Gasteiger partial charge in [-0.15, -0.1) is 0 Å². The van der Waals surface area contributed by atoms with E-state index in [1.54, 1.807) is 0 Å². The maximum Gasteiger partial charge on any atom is 0.129 e. The Kier molecular flexibility index (Phi) is 3.15. The van der Waals surface area contributed by atoms with Crippen molar-refractivity contribution in [2.45, 2.75) is 33.1 Å². The molecule has 0 radical (unpaired) electrons. The fourth-order valence-corrected chi connectivity index (χ4v) is 1.61. The Bertz CT molecular complexity index is 344. The van der Waals surface area contributed by atoms with Crippen LogP contribution in [-0.4, -0.2) is 6.29 Å². The van der Waals surface area contributed by atoms with E-state index in [1.165, 1.54) is 11.1 Å². The van der Waals surface area contributed by atoms with Crippen LogP contribution in [0.2, 0.25) is 0 Å². The monoisotopic (exact) mass is 254 g/mol. The van der Waals surface area contributed by atoms with E-state index in [1.807, 2.05) is 27.7 Å². The molecule has 0 amide bonds. The zero-order chi connectivity index (χ0) is 10.9. The molecular formula is C12H15BrO. The van der Waals surface area contributed by atoms with Crippen molar-refractivity contribution in [3.63, 3.8) is 0 Å². The number of aldehydes is 1. The van der Waals surface area contributed by atoms with E-state index in [-0.39, 0.29) is 0 Å². The molecule has 0 aliphatic heterocycles. The highest BCUT2D eigenvalue weighted by Crippen LogP contribution is 2.28. The SMILES string of the molecule is Cc1cc(C(C)(C)C=O)cc(C)c1Br. The Morgan fingerprint density at radius 2 is 1.64 bits per heavy atom. The first-order chi connectivity index (χ1) is 6.38. The van der Waals surface area contributed by atoms with Gasteiger partial charge >= 0.3 is 0 Å². The van der Waals surface area contributed by atoms with E-state index in [4.69, 9.17) is 0 Å². The van der Waals surface area contributed by atoms with Crippen LogP contribution in [0.3, 0.4) is 0 Å². The number of carbonyl (C=O) groups is 1. The van der Waals surface area contributed by atoms with Crippen molar-refractivity contribution in [2.75, 3.05) is 0 Å². The zero-order valence-corrected chi connectivity index (χ0v) is 10.6. The second-order valence-electron chi connectivity index (χ2n) is 4.26. The first-order valence-corrected chi connectivity index (χ1v) is 5.41. The molecule has 0 unspecified atom stereocenters. The summed E-state index contributed by atoms with van der Waals surface area (Å²) in [5.74, 6) is 0. The molecule has 0 aliphatic rings. The van der Waals surface area contributed by atoms with Crippen LogP contribution in [0.15, 0.2) is 16.6 Å². The molecule has 0 heterocycles. The highest BCUT2D eigenvalue weighted by atomic mass is 79.9. The lowest BCUT2D eigenvalue weighted by Crippen LogP contribution is -2.19. The number of carbonyl (C=O) groups excluding carboxylic acids is 1. The number of benzene rings is 1. The molecule has 1 rings (SSSR count). The maximum absolute atomic E-state index is 10.9. The van der Waals surface area contributed by atoms with Crippen LogP contribution < -0.4 is 0 Å². The largest absolute Gasteiger partial charge is 0.302 e. The molecule has 0 spiro atoms. The van der Waals surface area contributed by atoms with Gasteiger partial charge in [0.1, 0.15) is 6.29 Å². The third kappa shape index (κ3) is 2.06. The Labute approximate surface area is 93.7 Å². The van der Waals surface area contributed by atoms with Crippen LogP contribution in [0.4, 0.5) is 0 Å². The minimum Gasteiger partial charge on any atom is -0.302 e. The van der Waals surface area contributed by atoms with Crippen molar-refractivity contribution < 1.29 is 4.79 Å². The minimum absolute atomic E-state index is 0.393. The first kappa shape index (κ1) is 11.4. The van der Waals surface area contributed by atoms with Gasteiger partial charge in [0, 0.05) is 9.89 Å². The van der Waals surface area contributed by atoms with Gasteiger partial charge in [-0.2, -0.15) is 0 Å². The lowest BCUT2D eigenvalue weighted by Gasteiger charge is -2.19. The molecule has 0 fully saturated rings. The number of halogens is 1. The van der Waals surface area contributed by atoms with Crippen LogP contribution in [-0.2, 0) is 10.2 Å². The van der Waals surface area contributed by atoms with Gasteiger partial charge in [0.15, 0.2) is 0 Å². The maximum atomic E-state index is 10.9. The zero-order valence-electron chi connectivity index (χ0n) is 9.02. The Morgan fingerprint density at radius 1 is 1.21 bits per heavy atom. The standard InChI is InChI=1S/C12H15BrO/c1-8-5-10(12(3,4)7-14)6-9(2)11(8)13/h5-7H,1-4H3. The number of hydrogen-bond donors (Lipinski definition) is 0. The molecule has 1 aromatic carbocycles. The third-order valence-electron chi connectivity index (χ3n) is 2.48. The molecule has 76 valence electrons. The Balaban J connectivity index is 3.32. The van der Waals surface area contributed by atoms with E-state index in [9.17, 15) is 4.79 Å². The quantitative estimate of drug-likeness (QED) is 0.738. The third-order valence-corrected chi connectivity index (χ3v) is 3.73. The molecule has 0 N–H and O–H groups in total. The molecular weight excluding hydrogens is 240 g/mol. The summed E-state index contributed by atoms with van der Waals surface area (Å²) < 4.78 is 1.13. The molecule has 0 saturated heterocycles. The van der Waals surface area contributed by atoms with Crippen molar-refractivity contribution in [1.82, 2.24) is 0 Å². The summed E-state index contributed by atoms with van der Waals surface area (Å²) in [7, 11) is 0. The Hall–Kier alpha value is -0.630. The molecule has 14 heavy (non-hydrogen) atoms. The lowest BCUT2D eigenvalue weighted by molar-refractivity contribution is -0.111. The van der Waals surface area contributed by atoms with E-state index in [0.717, 1.165) is 16.3 Å². The summed E-state index contributed by atoms with van der Waals surface area (Å²) >= 11 is 3.51. The van der Waals surface area contributed by atoms with Crippen LogP contribution in [0.25, 0.3) is 0 Å². The van der Waals surface area contributed by atoms with Gasteiger partial charge in [-0.3, -0.25) is 0 Å². The van der Waals surface area contributed by atoms with Gasteiger partial charge in [-0.25, -0.2) is 0 Å². The van der Waals surface area contributed by atoms with Crippen molar-refractivity contribution in [3.8, 4) is 0 Å². The molecule has 2 heteroatoms. The molecule has 0 saturated carbocycles.